The number of carbonyl (C=O) groups is 2. The van der Waals surface area contributed by atoms with Crippen LogP contribution in [0.4, 0.5) is 5.69 Å². The molecule has 0 saturated carbocycles. The van der Waals surface area contributed by atoms with Crippen LogP contribution >= 0.6 is 0 Å². The van der Waals surface area contributed by atoms with Crippen LogP contribution in [0.3, 0.4) is 0 Å². The largest absolute Gasteiger partial charge is 0.466 e. The minimum Gasteiger partial charge on any atom is -0.466 e. The van der Waals surface area contributed by atoms with Gasteiger partial charge in [-0.2, -0.15) is 0 Å². The number of nitrogens with zero attached hydrogens (tertiary/aromatic N) is 1. The molecule has 5 heteroatoms. The Kier molecular flexibility index (Phi) is 5.87. The summed E-state index contributed by atoms with van der Waals surface area (Å²) in [7, 11) is 1.39. The molecule has 1 aromatic carbocycles. The Bertz CT molecular complexity index is 874. The number of carbonyl (C=O) groups excluding carboxylic acids is 2. The topological polar surface area (TPSA) is 58.6 Å². The van der Waals surface area contributed by atoms with Crippen molar-refractivity contribution >= 4 is 17.4 Å². The van der Waals surface area contributed by atoms with Crippen molar-refractivity contribution in [3.8, 4) is 0 Å². The molecule has 1 atom stereocenters. The normalized spacial score (nSPS) is 20.9. The van der Waals surface area contributed by atoms with E-state index in [4.69, 9.17) is 4.74 Å². The van der Waals surface area contributed by atoms with Gasteiger partial charge in [0.05, 0.1) is 12.7 Å². The highest BCUT2D eigenvalue weighted by molar-refractivity contribution is 6.04. The van der Waals surface area contributed by atoms with Gasteiger partial charge in [-0.05, 0) is 50.3 Å². The second-order valence-corrected chi connectivity index (χ2v) is 8.69. The summed E-state index contributed by atoms with van der Waals surface area (Å²) in [6.45, 7) is 12.2. The second kappa shape index (κ2) is 8.05. The molecule has 156 valence electrons. The number of Topliss-reactive ketones (excluding diaryl/α,β-unsaturated/α-hetero) is 1. The predicted molar refractivity (Wildman–Crippen MR) is 116 cm³/mol. The van der Waals surface area contributed by atoms with Crippen molar-refractivity contribution in [1.29, 1.82) is 0 Å². The Morgan fingerprint density at radius 3 is 2.34 bits per heavy atom. The fourth-order valence-electron chi connectivity index (χ4n) is 4.62. The van der Waals surface area contributed by atoms with Crippen LogP contribution in [0.5, 0.6) is 0 Å². The van der Waals surface area contributed by atoms with Crippen molar-refractivity contribution in [2.24, 2.45) is 5.41 Å². The first-order valence-electron chi connectivity index (χ1n) is 10.4. The van der Waals surface area contributed by atoms with E-state index in [-0.39, 0.29) is 11.2 Å². The summed E-state index contributed by atoms with van der Waals surface area (Å²) >= 11 is 0. The number of hydrogen-bond donors (Lipinski definition) is 1. The Morgan fingerprint density at radius 2 is 1.79 bits per heavy atom. The van der Waals surface area contributed by atoms with Gasteiger partial charge in [-0.3, -0.25) is 4.79 Å². The minimum atomic E-state index is -0.395. The van der Waals surface area contributed by atoms with Crippen LogP contribution in [-0.2, 0) is 14.3 Å². The first kappa shape index (κ1) is 21.2. The number of methoxy groups -OCH3 is 1. The maximum absolute atomic E-state index is 13.2. The van der Waals surface area contributed by atoms with E-state index < -0.39 is 11.9 Å². The zero-order valence-corrected chi connectivity index (χ0v) is 18.4. The number of dihydropyridines is 1. The fraction of sp³-hybridized carbons (Fsp3) is 0.500. The zero-order chi connectivity index (χ0) is 21.3. The van der Waals surface area contributed by atoms with Gasteiger partial charge in [-0.15, -0.1) is 0 Å². The number of allylic oxidation sites excluding steroid dienone is 3. The lowest BCUT2D eigenvalue weighted by Gasteiger charge is -2.39. The molecule has 5 nitrogen and oxygen atoms in total. The molecule has 1 heterocycles. The molecule has 0 unspecified atom stereocenters. The van der Waals surface area contributed by atoms with E-state index in [9.17, 15) is 9.59 Å². The van der Waals surface area contributed by atoms with Crippen molar-refractivity contribution in [3.05, 3.63) is 52.4 Å². The number of ether oxygens (including phenoxy) is 1. The number of hydrogen-bond acceptors (Lipinski definition) is 5. The van der Waals surface area contributed by atoms with E-state index in [1.165, 1.54) is 7.11 Å². The first-order valence-corrected chi connectivity index (χ1v) is 10.4. The summed E-state index contributed by atoms with van der Waals surface area (Å²) in [4.78, 5) is 28.1. The fourth-order valence-corrected chi connectivity index (χ4v) is 4.62. The standard InChI is InChI=1S/C24H32N2O3/c1-7-26(8-2)17-11-9-16(10-12-17)21-20(23(28)29-6)15(3)25-18-13-24(4,5)14-19(27)22(18)21/h9-12,21,25H,7-8,13-14H2,1-6H3/t21-/m0/s1. The number of esters is 1. The van der Waals surface area contributed by atoms with Gasteiger partial charge in [0.15, 0.2) is 5.78 Å². The predicted octanol–water partition coefficient (Wildman–Crippen LogP) is 4.31. The highest BCUT2D eigenvalue weighted by atomic mass is 16.5. The molecule has 0 fully saturated rings. The number of ketones is 1. The molecule has 1 aliphatic heterocycles. The van der Waals surface area contributed by atoms with E-state index in [0.29, 0.717) is 17.6 Å². The third-order valence-corrected chi connectivity index (χ3v) is 6.00. The second-order valence-electron chi connectivity index (χ2n) is 8.69. The summed E-state index contributed by atoms with van der Waals surface area (Å²) in [6, 6.07) is 8.23. The lowest BCUT2D eigenvalue weighted by atomic mass is 9.68. The van der Waals surface area contributed by atoms with Crippen molar-refractivity contribution in [2.75, 3.05) is 25.1 Å². The smallest absolute Gasteiger partial charge is 0.336 e. The van der Waals surface area contributed by atoms with Gasteiger partial charge >= 0.3 is 5.97 Å². The summed E-state index contributed by atoms with van der Waals surface area (Å²) in [5.74, 6) is -0.680. The van der Waals surface area contributed by atoms with Crippen molar-refractivity contribution in [1.82, 2.24) is 5.32 Å². The molecule has 2 aliphatic rings. The van der Waals surface area contributed by atoms with Gasteiger partial charge < -0.3 is 15.0 Å². The number of anilines is 1. The molecule has 1 N–H and O–H groups in total. The van der Waals surface area contributed by atoms with Crippen molar-refractivity contribution in [3.63, 3.8) is 0 Å². The number of benzene rings is 1. The quantitative estimate of drug-likeness (QED) is 0.752. The van der Waals surface area contributed by atoms with E-state index in [2.05, 4.69) is 50.0 Å². The molecule has 0 spiro atoms. The van der Waals surface area contributed by atoms with E-state index in [1.54, 1.807) is 0 Å². The summed E-state index contributed by atoms with van der Waals surface area (Å²) in [6.07, 6.45) is 1.27. The van der Waals surface area contributed by atoms with E-state index in [1.807, 2.05) is 19.1 Å². The van der Waals surface area contributed by atoms with Crippen molar-refractivity contribution < 1.29 is 14.3 Å². The Morgan fingerprint density at radius 1 is 1.17 bits per heavy atom. The highest BCUT2D eigenvalue weighted by Gasteiger charge is 2.42. The summed E-state index contributed by atoms with van der Waals surface area (Å²) in [5.41, 5.74) is 4.93. The minimum absolute atomic E-state index is 0.0941. The molecular weight excluding hydrogens is 364 g/mol. The van der Waals surface area contributed by atoms with Crippen LogP contribution in [0.1, 0.15) is 58.9 Å². The SMILES string of the molecule is CCN(CC)c1ccc([C@H]2C(C(=O)OC)=C(C)NC3=C2C(=O)CC(C)(C)C3)cc1. The molecule has 29 heavy (non-hydrogen) atoms. The Balaban J connectivity index is 2.12. The third kappa shape index (κ3) is 3.96. The zero-order valence-electron chi connectivity index (χ0n) is 18.4. The number of rotatable bonds is 5. The molecule has 1 aromatic rings. The van der Waals surface area contributed by atoms with Crippen LogP contribution < -0.4 is 10.2 Å². The molecule has 0 saturated heterocycles. The summed E-state index contributed by atoms with van der Waals surface area (Å²) in [5, 5.41) is 3.35. The van der Waals surface area contributed by atoms with Gasteiger partial charge in [-0.1, -0.05) is 26.0 Å². The van der Waals surface area contributed by atoms with Gasteiger partial charge in [0.25, 0.3) is 0 Å². The van der Waals surface area contributed by atoms with Crippen LogP contribution in [-0.4, -0.2) is 32.0 Å². The molecule has 0 aromatic heterocycles. The van der Waals surface area contributed by atoms with E-state index >= 15 is 0 Å². The van der Waals surface area contributed by atoms with Gasteiger partial charge in [0.2, 0.25) is 0 Å². The third-order valence-electron chi connectivity index (χ3n) is 6.00. The molecular formula is C24H32N2O3. The van der Waals surface area contributed by atoms with Crippen LogP contribution in [0, 0.1) is 5.41 Å². The van der Waals surface area contributed by atoms with Gasteiger partial charge in [0.1, 0.15) is 0 Å². The number of nitrogens with one attached hydrogen (secondary N) is 1. The molecule has 1 aliphatic carbocycles. The first-order chi connectivity index (χ1) is 13.7. The summed E-state index contributed by atoms with van der Waals surface area (Å²) < 4.78 is 5.09. The Hall–Kier alpha value is -2.56. The molecule has 0 bridgehead atoms. The highest BCUT2D eigenvalue weighted by Crippen LogP contribution is 2.46. The average Bonchev–Trinajstić information content (AvgIpc) is 2.67. The van der Waals surface area contributed by atoms with Gasteiger partial charge in [-0.25, -0.2) is 4.79 Å². The molecule has 0 radical (unpaired) electrons. The maximum Gasteiger partial charge on any atom is 0.336 e. The Labute approximate surface area is 173 Å². The monoisotopic (exact) mass is 396 g/mol. The van der Waals surface area contributed by atoms with Gasteiger partial charge in [0, 0.05) is 48.1 Å². The average molecular weight is 397 g/mol. The van der Waals surface area contributed by atoms with E-state index in [0.717, 1.165) is 42.2 Å². The van der Waals surface area contributed by atoms with Crippen LogP contribution in [0.2, 0.25) is 0 Å². The van der Waals surface area contributed by atoms with Crippen LogP contribution in [0.25, 0.3) is 0 Å². The van der Waals surface area contributed by atoms with Crippen molar-refractivity contribution in [2.45, 2.75) is 53.4 Å². The van der Waals surface area contributed by atoms with Crippen LogP contribution in [0.15, 0.2) is 46.8 Å². The lowest BCUT2D eigenvalue weighted by molar-refractivity contribution is -0.136. The lowest BCUT2D eigenvalue weighted by Crippen LogP contribution is -2.38. The maximum atomic E-state index is 13.2. The molecule has 3 rings (SSSR count). The molecule has 0 amide bonds.